The van der Waals surface area contributed by atoms with Crippen LogP contribution in [0, 0.1) is 0 Å². The van der Waals surface area contributed by atoms with Crippen molar-refractivity contribution in [2.24, 2.45) is 0 Å². The Balaban J connectivity index is 1.11. The molecule has 3 aliphatic rings. The predicted molar refractivity (Wildman–Crippen MR) is 258 cm³/mol. The number of aliphatic hydroxyl groups is 9. The van der Waals surface area contributed by atoms with E-state index in [1.807, 2.05) is 0 Å². The highest BCUT2D eigenvalue weighted by Gasteiger charge is 2.52. The van der Waals surface area contributed by atoms with Gasteiger partial charge in [-0.3, -0.25) is 0 Å². The maximum atomic E-state index is 11.9. The number of rotatable bonds is 18. The largest absolute Gasteiger partial charge is 0.507 e. The molecule has 0 radical (unpaired) electrons. The predicted octanol–water partition coefficient (Wildman–Crippen LogP) is -0.0229. The van der Waals surface area contributed by atoms with Gasteiger partial charge in [0.25, 0.3) is 0 Å². The van der Waals surface area contributed by atoms with Crippen molar-refractivity contribution in [1.29, 1.82) is 0 Å². The number of benzene rings is 4. The third kappa shape index (κ3) is 12.5. The van der Waals surface area contributed by atoms with E-state index in [9.17, 15) is 81.7 Å². The molecular formula is C51H57O25+. The highest BCUT2D eigenvalue weighted by Crippen LogP contribution is 2.44. The fraction of sp³-hybridized carbons (Fsp3) is 0.392. The number of phenols is 7. The molecule has 0 spiro atoms. The van der Waals surface area contributed by atoms with Crippen molar-refractivity contribution in [3.05, 3.63) is 96.1 Å². The van der Waals surface area contributed by atoms with Gasteiger partial charge in [0.05, 0.1) is 44.7 Å². The quantitative estimate of drug-likeness (QED) is 0.0311. The maximum Gasteiger partial charge on any atom is 0.402 e. The number of ether oxygens (including phenoxy) is 8. The summed E-state index contributed by atoms with van der Waals surface area (Å²) >= 11 is 0. The van der Waals surface area contributed by atoms with Crippen LogP contribution in [-0.2, 0) is 28.4 Å². The van der Waals surface area contributed by atoms with Gasteiger partial charge in [0, 0.05) is 18.2 Å². The first-order chi connectivity index (χ1) is 36.3. The molecule has 3 fully saturated rings. The van der Waals surface area contributed by atoms with Gasteiger partial charge in [-0.2, -0.15) is 0 Å². The van der Waals surface area contributed by atoms with E-state index in [1.54, 1.807) is 12.2 Å². The second-order valence-corrected chi connectivity index (χ2v) is 17.9. The maximum absolute atomic E-state index is 11.9. The van der Waals surface area contributed by atoms with Gasteiger partial charge >= 0.3 is 11.3 Å². The molecule has 15 atom stereocenters. The topological polar surface area (TPSA) is 409 Å². The van der Waals surface area contributed by atoms with Gasteiger partial charge in [-0.15, -0.1) is 0 Å². The Hall–Kier alpha value is -6.63. The standard InChI is InChI=1S/C51H56O25/c52-19-36-39(60)42(63)45(66)49(73-36)71-34-17-25(53)16-33-26(34)18-35(47(70-33)24-7-10-29(56)32(59)15-24)72-51-48(44(65)41(62)38(75-51)21-69-12-2-4-23-6-9-28(55)31(58)14-23)76-50-46(67)43(64)40(61)37(74-50)20-68-11-1-3-22-5-8-27(54)30(57)13-22/h1-10,13-18,36-46,48-52,60-67H,11-12,19-21H2,(H6-,53,54,55,56,57,58,59)/p+1/b3-1+,4-2+/t36-,37-,38-,39-,40-,41-,42+,43+,44+,45-,46-,48-,49-,50+,51-/m1/s1. The van der Waals surface area contributed by atoms with Crippen LogP contribution in [0.3, 0.4) is 0 Å². The van der Waals surface area contributed by atoms with Gasteiger partial charge in [0.2, 0.25) is 18.3 Å². The molecule has 25 nitrogen and oxygen atoms in total. The molecule has 410 valence electrons. The molecule has 0 unspecified atom stereocenters. The molecule has 3 aliphatic heterocycles. The Morgan fingerprint density at radius 1 is 0.474 bits per heavy atom. The third-order valence-corrected chi connectivity index (χ3v) is 12.6. The van der Waals surface area contributed by atoms with Gasteiger partial charge in [0.15, 0.2) is 46.9 Å². The van der Waals surface area contributed by atoms with Crippen molar-refractivity contribution in [3.63, 3.8) is 0 Å². The minimum Gasteiger partial charge on any atom is -0.507 e. The van der Waals surface area contributed by atoms with Crippen molar-refractivity contribution in [3.8, 4) is 63.1 Å². The van der Waals surface area contributed by atoms with E-state index in [-0.39, 0.29) is 70.0 Å². The number of aromatic hydroxyl groups is 7. The van der Waals surface area contributed by atoms with Crippen LogP contribution in [0.25, 0.3) is 34.4 Å². The summed E-state index contributed by atoms with van der Waals surface area (Å²) in [5.74, 6) is -3.93. The summed E-state index contributed by atoms with van der Waals surface area (Å²) in [4.78, 5) is 0. The first-order valence-electron chi connectivity index (χ1n) is 23.5. The van der Waals surface area contributed by atoms with Crippen LogP contribution in [0.4, 0.5) is 0 Å². The lowest BCUT2D eigenvalue weighted by molar-refractivity contribution is -0.358. The molecule has 16 N–H and O–H groups in total. The zero-order chi connectivity index (χ0) is 54.5. The van der Waals surface area contributed by atoms with Crippen molar-refractivity contribution in [1.82, 2.24) is 0 Å². The molecule has 1 aromatic heterocycles. The molecule has 0 saturated carbocycles. The van der Waals surface area contributed by atoms with Crippen LogP contribution in [0.5, 0.6) is 51.7 Å². The summed E-state index contributed by atoms with van der Waals surface area (Å²) in [7, 11) is 0. The Morgan fingerprint density at radius 3 is 1.54 bits per heavy atom. The summed E-state index contributed by atoms with van der Waals surface area (Å²) in [6.07, 6.45) is -20.7. The van der Waals surface area contributed by atoms with Crippen molar-refractivity contribution in [2.45, 2.75) is 92.1 Å². The highest BCUT2D eigenvalue weighted by molar-refractivity contribution is 5.89. The summed E-state index contributed by atoms with van der Waals surface area (Å²) in [5, 5.41) is 169. The molecule has 4 heterocycles. The molecule has 0 aliphatic carbocycles. The first-order valence-corrected chi connectivity index (χ1v) is 23.5. The summed E-state index contributed by atoms with van der Waals surface area (Å²) < 4.78 is 53.8. The van der Waals surface area contributed by atoms with Crippen molar-refractivity contribution in [2.75, 3.05) is 33.0 Å². The van der Waals surface area contributed by atoms with Gasteiger partial charge in [-0.05, 0) is 47.5 Å². The van der Waals surface area contributed by atoms with Gasteiger partial charge in [-0.1, -0.05) is 36.4 Å². The van der Waals surface area contributed by atoms with E-state index < -0.39 is 129 Å². The minimum atomic E-state index is -2.03. The second kappa shape index (κ2) is 24.1. The average molecular weight is 1070 g/mol. The first kappa shape index (κ1) is 55.6. The van der Waals surface area contributed by atoms with Gasteiger partial charge in [0.1, 0.15) is 84.0 Å². The Morgan fingerprint density at radius 2 is 0.974 bits per heavy atom. The molecule has 4 aromatic carbocycles. The lowest BCUT2D eigenvalue weighted by Crippen LogP contribution is -2.65. The van der Waals surface area contributed by atoms with Crippen LogP contribution < -0.4 is 9.47 Å². The Kier molecular flexibility index (Phi) is 17.7. The van der Waals surface area contributed by atoms with Crippen LogP contribution in [-0.4, -0.2) is 207 Å². The van der Waals surface area contributed by atoms with Crippen molar-refractivity contribution >= 4 is 23.1 Å². The van der Waals surface area contributed by atoms with E-state index in [4.69, 9.17) is 42.3 Å². The van der Waals surface area contributed by atoms with Crippen LogP contribution >= 0.6 is 0 Å². The summed E-state index contributed by atoms with van der Waals surface area (Å²) in [5.41, 5.74) is 0.850. The SMILES string of the molecule is OC[C@H]1O[C@@H](Oc2cc(O)cc3[o+]c(-c4ccc(O)c(O)c4)c(O[C@@H]4O[C@H](COC/C=C/c5ccc(O)c(O)c5)[C@@H](O)[C@H](O)[C@H]4O[C@@H]4O[C@H](COC/C=C/c5ccc(O)c(O)c5)[C@@H](O)[C@H](O)[C@H]4O)cc23)[C@H](O)[C@@H](O)[C@@H]1O. The second-order valence-electron chi connectivity index (χ2n) is 17.9. The van der Waals surface area contributed by atoms with E-state index in [0.29, 0.717) is 11.1 Å². The van der Waals surface area contributed by atoms with Crippen LogP contribution in [0.1, 0.15) is 11.1 Å². The molecule has 0 amide bonds. The Bertz CT molecular complexity index is 2840. The van der Waals surface area contributed by atoms with E-state index >= 15 is 0 Å². The number of aliphatic hydroxyl groups excluding tert-OH is 9. The Labute approximate surface area is 430 Å². The molecule has 0 bridgehead atoms. The fourth-order valence-electron chi connectivity index (χ4n) is 8.40. The lowest BCUT2D eigenvalue weighted by atomic mass is 9.97. The minimum absolute atomic E-state index is 0.0106. The lowest BCUT2D eigenvalue weighted by Gasteiger charge is -2.46. The van der Waals surface area contributed by atoms with Crippen LogP contribution in [0.2, 0.25) is 0 Å². The molecular weight excluding hydrogens is 1010 g/mol. The fourth-order valence-corrected chi connectivity index (χ4v) is 8.40. The third-order valence-electron chi connectivity index (χ3n) is 12.6. The highest BCUT2D eigenvalue weighted by atomic mass is 16.8. The van der Waals surface area contributed by atoms with E-state index in [1.165, 1.54) is 60.7 Å². The molecule has 5 aromatic rings. The molecule has 76 heavy (non-hydrogen) atoms. The van der Waals surface area contributed by atoms with E-state index in [2.05, 4.69) is 0 Å². The number of phenolic OH excluding ortho intramolecular Hbond substituents is 7. The van der Waals surface area contributed by atoms with Crippen LogP contribution in [0.15, 0.2) is 89.4 Å². The monoisotopic (exact) mass is 1070 g/mol. The summed E-state index contributed by atoms with van der Waals surface area (Å²) in [6, 6.07) is 15.1. The van der Waals surface area contributed by atoms with Gasteiger partial charge < -0.3 is 120 Å². The van der Waals surface area contributed by atoms with Gasteiger partial charge in [-0.25, -0.2) is 4.42 Å². The number of hydrogen-bond donors (Lipinski definition) is 16. The normalized spacial score (nSPS) is 30.0. The zero-order valence-electron chi connectivity index (χ0n) is 39.8. The number of fused-ring (bicyclic) bond motifs is 1. The van der Waals surface area contributed by atoms with Crippen molar-refractivity contribution < 1.29 is 124 Å². The molecule has 3 saturated heterocycles. The zero-order valence-corrected chi connectivity index (χ0v) is 39.8. The smallest absolute Gasteiger partial charge is 0.402 e. The average Bonchev–Trinajstić information content (AvgIpc) is 3.43. The molecule has 8 rings (SSSR count). The summed E-state index contributed by atoms with van der Waals surface area (Å²) in [6.45, 7) is -1.87. The molecule has 25 heteroatoms. The number of hydrogen-bond acceptors (Lipinski definition) is 24. The van der Waals surface area contributed by atoms with E-state index in [0.717, 1.165) is 24.3 Å².